The average Bonchev–Trinajstić information content (AvgIpc) is 2.58. The zero-order valence-corrected chi connectivity index (χ0v) is 14.3. The van der Waals surface area contributed by atoms with Crippen LogP contribution in [-0.4, -0.2) is 11.8 Å². The van der Waals surface area contributed by atoms with Gasteiger partial charge < -0.3 is 0 Å². The predicted octanol–water partition coefficient (Wildman–Crippen LogP) is 2.93. The Balaban J connectivity index is 1.34. The minimum atomic E-state index is -0.393. The molecule has 0 unspecified atom stereocenters. The summed E-state index contributed by atoms with van der Waals surface area (Å²) in [5, 5.41) is 8.90. The Bertz CT molecular complexity index is 714. The highest BCUT2D eigenvalue weighted by Gasteiger charge is 2.51. The molecule has 0 saturated heterocycles. The van der Waals surface area contributed by atoms with Crippen LogP contribution in [0.5, 0.6) is 0 Å². The number of hydrogen-bond donors (Lipinski definition) is 2. The van der Waals surface area contributed by atoms with Crippen LogP contribution in [0.15, 0.2) is 24.3 Å². The van der Waals surface area contributed by atoms with Crippen molar-refractivity contribution in [3.63, 3.8) is 0 Å². The zero-order valence-electron chi connectivity index (χ0n) is 14.3. The summed E-state index contributed by atoms with van der Waals surface area (Å²) in [5.74, 6) is 1.93. The van der Waals surface area contributed by atoms with Gasteiger partial charge in [-0.05, 0) is 79.9 Å². The topological polar surface area (TPSA) is 82.0 Å². The van der Waals surface area contributed by atoms with Gasteiger partial charge in [0, 0.05) is 12.0 Å². The first-order chi connectivity index (χ1) is 12.0. The molecule has 5 nitrogen and oxygen atoms in total. The van der Waals surface area contributed by atoms with E-state index in [1.54, 1.807) is 18.2 Å². The van der Waals surface area contributed by atoms with Crippen molar-refractivity contribution in [2.75, 3.05) is 0 Å². The van der Waals surface area contributed by atoms with Crippen LogP contribution in [0.25, 0.3) is 0 Å². The van der Waals surface area contributed by atoms with E-state index in [2.05, 4.69) is 10.9 Å². The van der Waals surface area contributed by atoms with Gasteiger partial charge in [-0.1, -0.05) is 6.07 Å². The smallest absolute Gasteiger partial charge is 0.269 e. The SMILES string of the molecule is N#Cc1cccc(C(=O)NNC(=O)CC23CC4CC(CC(C4)C2)C3)c1. The molecule has 0 aliphatic heterocycles. The van der Waals surface area contributed by atoms with Crippen LogP contribution in [0.3, 0.4) is 0 Å². The van der Waals surface area contributed by atoms with Gasteiger partial charge in [-0.25, -0.2) is 0 Å². The van der Waals surface area contributed by atoms with Gasteiger partial charge in [0.05, 0.1) is 11.6 Å². The first-order valence-electron chi connectivity index (χ1n) is 9.15. The molecular weight excluding hydrogens is 314 g/mol. The lowest BCUT2D eigenvalue weighted by Gasteiger charge is -2.56. The van der Waals surface area contributed by atoms with Gasteiger partial charge in [-0.3, -0.25) is 20.4 Å². The molecule has 4 aliphatic rings. The molecule has 2 amide bonds. The molecule has 0 spiro atoms. The minimum Gasteiger partial charge on any atom is -0.273 e. The highest BCUT2D eigenvalue weighted by molar-refractivity contribution is 5.95. The third-order valence-corrected chi connectivity index (χ3v) is 6.27. The van der Waals surface area contributed by atoms with Crippen molar-refractivity contribution in [2.45, 2.75) is 44.9 Å². The first kappa shape index (κ1) is 16.1. The van der Waals surface area contributed by atoms with E-state index in [4.69, 9.17) is 5.26 Å². The molecule has 25 heavy (non-hydrogen) atoms. The Labute approximate surface area is 147 Å². The number of rotatable bonds is 3. The molecule has 4 saturated carbocycles. The second-order valence-corrected chi connectivity index (χ2v) is 8.29. The number of amides is 2. The van der Waals surface area contributed by atoms with Crippen molar-refractivity contribution in [3.8, 4) is 6.07 Å². The van der Waals surface area contributed by atoms with Crippen LogP contribution < -0.4 is 10.9 Å². The molecule has 5 heteroatoms. The van der Waals surface area contributed by atoms with Crippen molar-refractivity contribution in [1.29, 1.82) is 5.26 Å². The summed E-state index contributed by atoms with van der Waals surface area (Å²) in [7, 11) is 0. The summed E-state index contributed by atoms with van der Waals surface area (Å²) in [6, 6.07) is 8.44. The Kier molecular flexibility index (Phi) is 3.99. The lowest BCUT2D eigenvalue weighted by atomic mass is 9.49. The van der Waals surface area contributed by atoms with Crippen LogP contribution in [-0.2, 0) is 4.79 Å². The van der Waals surface area contributed by atoms with Crippen molar-refractivity contribution in [1.82, 2.24) is 10.9 Å². The van der Waals surface area contributed by atoms with Gasteiger partial charge in [0.25, 0.3) is 5.91 Å². The number of hydrazine groups is 1. The molecule has 0 aromatic heterocycles. The standard InChI is InChI=1S/C20H23N3O2/c21-12-13-2-1-3-17(7-13)19(25)23-22-18(24)11-20-8-14-4-15(9-20)6-16(5-14)10-20/h1-3,7,14-16H,4-6,8-11H2,(H,22,24)(H,23,25). The molecule has 4 bridgehead atoms. The maximum absolute atomic E-state index is 12.4. The van der Waals surface area contributed by atoms with Gasteiger partial charge in [-0.2, -0.15) is 5.26 Å². The number of nitrogens with zero attached hydrogens (tertiary/aromatic N) is 1. The molecule has 5 rings (SSSR count). The van der Waals surface area contributed by atoms with E-state index in [0.29, 0.717) is 17.5 Å². The number of nitriles is 1. The molecule has 0 heterocycles. The second-order valence-electron chi connectivity index (χ2n) is 8.29. The second kappa shape index (κ2) is 6.18. The van der Waals surface area contributed by atoms with Gasteiger partial charge in [0.1, 0.15) is 0 Å². The van der Waals surface area contributed by atoms with Crippen molar-refractivity contribution >= 4 is 11.8 Å². The van der Waals surface area contributed by atoms with Gasteiger partial charge in [0.15, 0.2) is 0 Å². The van der Waals surface area contributed by atoms with E-state index >= 15 is 0 Å². The highest BCUT2D eigenvalue weighted by Crippen LogP contribution is 2.61. The van der Waals surface area contributed by atoms with Crippen LogP contribution in [0.2, 0.25) is 0 Å². The fourth-order valence-corrected chi connectivity index (χ4v) is 5.82. The third kappa shape index (κ3) is 3.26. The maximum atomic E-state index is 12.4. The summed E-state index contributed by atoms with van der Waals surface area (Å²) in [5.41, 5.74) is 6.01. The summed E-state index contributed by atoms with van der Waals surface area (Å²) < 4.78 is 0. The van der Waals surface area contributed by atoms with Crippen LogP contribution >= 0.6 is 0 Å². The van der Waals surface area contributed by atoms with E-state index in [-0.39, 0.29) is 11.3 Å². The fourth-order valence-electron chi connectivity index (χ4n) is 5.82. The molecule has 4 fully saturated rings. The third-order valence-electron chi connectivity index (χ3n) is 6.27. The molecule has 0 radical (unpaired) electrons. The largest absolute Gasteiger partial charge is 0.273 e. The Hall–Kier alpha value is -2.35. The number of carbonyl (C=O) groups excluding carboxylic acids is 2. The van der Waals surface area contributed by atoms with Crippen molar-refractivity contribution in [2.24, 2.45) is 23.2 Å². The Morgan fingerprint density at radius 1 is 1.08 bits per heavy atom. The van der Waals surface area contributed by atoms with Gasteiger partial charge >= 0.3 is 0 Å². The van der Waals surface area contributed by atoms with Crippen LogP contribution in [0.4, 0.5) is 0 Å². The summed E-state index contributed by atoms with van der Waals surface area (Å²) in [6.45, 7) is 0. The van der Waals surface area contributed by atoms with Crippen molar-refractivity contribution < 1.29 is 9.59 Å². The van der Waals surface area contributed by atoms with Crippen LogP contribution in [0, 0.1) is 34.5 Å². The summed E-state index contributed by atoms with van der Waals surface area (Å²) in [4.78, 5) is 24.6. The normalized spacial score (nSPS) is 32.0. The first-order valence-corrected chi connectivity index (χ1v) is 9.15. The lowest BCUT2D eigenvalue weighted by Crippen LogP contribution is -2.50. The lowest BCUT2D eigenvalue weighted by molar-refractivity contribution is -0.130. The quantitative estimate of drug-likeness (QED) is 0.832. The molecule has 1 aromatic carbocycles. The number of benzene rings is 1. The number of hydrogen-bond acceptors (Lipinski definition) is 3. The van der Waals surface area contributed by atoms with Crippen LogP contribution in [0.1, 0.15) is 60.9 Å². The molecule has 4 aliphatic carbocycles. The van der Waals surface area contributed by atoms with E-state index < -0.39 is 5.91 Å². The minimum absolute atomic E-state index is 0.105. The Morgan fingerprint density at radius 3 is 2.32 bits per heavy atom. The van der Waals surface area contributed by atoms with Gasteiger partial charge in [-0.15, -0.1) is 0 Å². The highest BCUT2D eigenvalue weighted by atomic mass is 16.2. The number of nitrogens with one attached hydrogen (secondary N) is 2. The fraction of sp³-hybridized carbons (Fsp3) is 0.550. The van der Waals surface area contributed by atoms with Crippen molar-refractivity contribution in [3.05, 3.63) is 35.4 Å². The maximum Gasteiger partial charge on any atom is 0.269 e. The monoisotopic (exact) mass is 337 g/mol. The molecule has 130 valence electrons. The zero-order chi connectivity index (χ0) is 17.4. The molecular formula is C20H23N3O2. The Morgan fingerprint density at radius 2 is 1.72 bits per heavy atom. The predicted molar refractivity (Wildman–Crippen MR) is 92.0 cm³/mol. The molecule has 0 atom stereocenters. The average molecular weight is 337 g/mol. The van der Waals surface area contributed by atoms with E-state index in [0.717, 1.165) is 17.8 Å². The summed E-state index contributed by atoms with van der Waals surface area (Å²) >= 11 is 0. The molecule has 1 aromatic rings. The van der Waals surface area contributed by atoms with E-state index in [1.165, 1.54) is 44.6 Å². The molecule has 2 N–H and O–H groups in total. The summed E-state index contributed by atoms with van der Waals surface area (Å²) in [6.07, 6.45) is 8.08. The van der Waals surface area contributed by atoms with E-state index in [1.807, 2.05) is 6.07 Å². The number of carbonyl (C=O) groups is 2. The van der Waals surface area contributed by atoms with Gasteiger partial charge in [0.2, 0.25) is 5.91 Å². The van der Waals surface area contributed by atoms with E-state index in [9.17, 15) is 9.59 Å².